The topological polar surface area (TPSA) is 42.0 Å². The highest BCUT2D eigenvalue weighted by atomic mass is 79.9. The minimum absolute atomic E-state index is 0.187. The van der Waals surface area contributed by atoms with Crippen LogP contribution >= 0.6 is 38.9 Å². The van der Waals surface area contributed by atoms with Gasteiger partial charge in [0.15, 0.2) is 5.13 Å². The van der Waals surface area contributed by atoms with Crippen molar-refractivity contribution >= 4 is 60.1 Å². The summed E-state index contributed by atoms with van der Waals surface area (Å²) in [5.41, 5.74) is 1.30. The molecule has 1 N–H and O–H groups in total. The van der Waals surface area contributed by atoms with Gasteiger partial charge in [0.05, 0.1) is 9.72 Å². The number of para-hydroxylation sites is 1. The second-order valence-corrected chi connectivity index (χ2v) is 6.42. The molecule has 0 saturated heterocycles. The van der Waals surface area contributed by atoms with Crippen molar-refractivity contribution < 1.29 is 4.79 Å². The lowest BCUT2D eigenvalue weighted by molar-refractivity contribution is 0.102. The number of nitrogens with zero attached hydrogens (tertiary/aromatic N) is 1. The van der Waals surface area contributed by atoms with Gasteiger partial charge in [-0.25, -0.2) is 4.98 Å². The lowest BCUT2D eigenvalue weighted by Crippen LogP contribution is -2.11. The molecule has 0 saturated carbocycles. The Bertz CT molecular complexity index is 785. The number of benzene rings is 2. The van der Waals surface area contributed by atoms with Crippen molar-refractivity contribution in [2.75, 3.05) is 5.32 Å². The molecule has 3 aromatic rings. The Kier molecular flexibility index (Phi) is 3.74. The highest BCUT2D eigenvalue weighted by molar-refractivity contribution is 9.10. The molecule has 0 atom stereocenters. The molecule has 1 aromatic heterocycles. The third-order valence-corrected chi connectivity index (χ3v) is 4.47. The summed E-state index contributed by atoms with van der Waals surface area (Å²) in [6.07, 6.45) is 0. The molecule has 0 aliphatic rings. The van der Waals surface area contributed by atoms with Crippen LogP contribution in [-0.4, -0.2) is 10.9 Å². The van der Waals surface area contributed by atoms with Crippen molar-refractivity contribution in [1.29, 1.82) is 0 Å². The van der Waals surface area contributed by atoms with Crippen molar-refractivity contribution in [2.45, 2.75) is 0 Å². The lowest BCUT2D eigenvalue weighted by Gasteiger charge is -2.01. The largest absolute Gasteiger partial charge is 0.298 e. The van der Waals surface area contributed by atoms with E-state index in [9.17, 15) is 4.79 Å². The van der Waals surface area contributed by atoms with Gasteiger partial charge in [-0.3, -0.25) is 10.1 Å². The molecular formula is C14H8BrClN2OS. The summed E-state index contributed by atoms with van der Waals surface area (Å²) >= 11 is 10.8. The van der Waals surface area contributed by atoms with E-state index in [4.69, 9.17) is 11.6 Å². The molecule has 0 bridgehead atoms. The van der Waals surface area contributed by atoms with E-state index < -0.39 is 0 Å². The van der Waals surface area contributed by atoms with Crippen molar-refractivity contribution in [3.63, 3.8) is 0 Å². The highest BCUT2D eigenvalue weighted by Crippen LogP contribution is 2.30. The Labute approximate surface area is 132 Å². The normalized spacial score (nSPS) is 10.7. The van der Waals surface area contributed by atoms with Gasteiger partial charge in [-0.1, -0.05) is 44.9 Å². The number of anilines is 1. The molecule has 3 nitrogen and oxygen atoms in total. The van der Waals surface area contributed by atoms with Crippen molar-refractivity contribution in [2.24, 2.45) is 0 Å². The number of aromatic nitrogens is 1. The summed E-state index contributed by atoms with van der Waals surface area (Å²) in [7, 11) is 0. The van der Waals surface area contributed by atoms with Crippen LogP contribution in [0, 0.1) is 0 Å². The van der Waals surface area contributed by atoms with Gasteiger partial charge in [-0.15, -0.1) is 0 Å². The van der Waals surface area contributed by atoms with Gasteiger partial charge in [0, 0.05) is 10.0 Å². The molecule has 6 heteroatoms. The third-order valence-electron chi connectivity index (χ3n) is 2.70. The maximum Gasteiger partial charge on any atom is 0.257 e. The summed E-state index contributed by atoms with van der Waals surface area (Å²) in [5, 5.41) is 3.92. The first-order chi connectivity index (χ1) is 9.63. The van der Waals surface area contributed by atoms with Crippen molar-refractivity contribution in [1.82, 2.24) is 4.98 Å². The van der Waals surface area contributed by atoms with E-state index in [1.165, 1.54) is 11.3 Å². The Hall–Kier alpha value is -1.43. The van der Waals surface area contributed by atoms with E-state index in [0.717, 1.165) is 9.17 Å². The fourth-order valence-corrected chi connectivity index (χ4v) is 3.16. The second-order valence-electron chi connectivity index (χ2n) is 4.07. The number of amides is 1. The van der Waals surface area contributed by atoms with Crippen LogP contribution in [0.1, 0.15) is 10.4 Å². The fraction of sp³-hybridized carbons (Fsp3) is 0. The maximum absolute atomic E-state index is 12.1. The van der Waals surface area contributed by atoms with E-state index >= 15 is 0 Å². The molecule has 0 radical (unpaired) electrons. The number of nitrogens with one attached hydrogen (secondary N) is 1. The van der Waals surface area contributed by atoms with Gasteiger partial charge in [0.1, 0.15) is 5.52 Å². The zero-order chi connectivity index (χ0) is 14.1. The molecule has 20 heavy (non-hydrogen) atoms. The number of rotatable bonds is 2. The smallest absolute Gasteiger partial charge is 0.257 e. The summed E-state index contributed by atoms with van der Waals surface area (Å²) in [6.45, 7) is 0. The summed E-state index contributed by atoms with van der Waals surface area (Å²) in [5.74, 6) is -0.187. The second kappa shape index (κ2) is 5.52. The van der Waals surface area contributed by atoms with Gasteiger partial charge in [0.2, 0.25) is 0 Å². The first kappa shape index (κ1) is 13.5. The van der Waals surface area contributed by atoms with E-state index in [1.54, 1.807) is 18.2 Å². The highest BCUT2D eigenvalue weighted by Gasteiger charge is 2.11. The number of carbonyl (C=O) groups is 1. The Morgan fingerprint density at radius 2 is 1.95 bits per heavy atom. The molecule has 3 rings (SSSR count). The van der Waals surface area contributed by atoms with Crippen LogP contribution in [-0.2, 0) is 0 Å². The first-order valence-corrected chi connectivity index (χ1v) is 7.74. The van der Waals surface area contributed by atoms with Crippen molar-refractivity contribution in [3.8, 4) is 0 Å². The predicted molar refractivity (Wildman–Crippen MR) is 86.7 cm³/mol. The number of hydrogen-bond acceptors (Lipinski definition) is 3. The van der Waals surface area contributed by atoms with Crippen LogP contribution in [0.4, 0.5) is 5.13 Å². The number of carbonyl (C=O) groups excluding carboxylic acids is 1. The van der Waals surface area contributed by atoms with Crippen LogP contribution in [0.15, 0.2) is 46.9 Å². The molecule has 0 aliphatic heterocycles. The summed E-state index contributed by atoms with van der Waals surface area (Å²) in [4.78, 5) is 16.4. The standard InChI is InChI=1S/C14H8BrClN2OS/c15-9-6-4-8(5-7-9)13(19)18-14-17-12-10(16)2-1-3-11(12)20-14/h1-7H,(H,17,18,19). The molecule has 0 spiro atoms. The van der Waals surface area contributed by atoms with Crippen LogP contribution in [0.2, 0.25) is 5.02 Å². The van der Waals surface area contributed by atoms with Crippen LogP contribution in [0.5, 0.6) is 0 Å². The molecule has 2 aromatic carbocycles. The van der Waals surface area contributed by atoms with Gasteiger partial charge in [0.25, 0.3) is 5.91 Å². The van der Waals surface area contributed by atoms with E-state index in [1.807, 2.05) is 24.3 Å². The van der Waals surface area contributed by atoms with Gasteiger partial charge >= 0.3 is 0 Å². The monoisotopic (exact) mass is 366 g/mol. The molecule has 1 heterocycles. The average Bonchev–Trinajstić information content (AvgIpc) is 2.83. The Balaban J connectivity index is 1.87. The van der Waals surface area contributed by atoms with E-state index in [2.05, 4.69) is 26.2 Å². The van der Waals surface area contributed by atoms with E-state index in [0.29, 0.717) is 21.2 Å². The molecule has 0 aliphatic carbocycles. The number of thiazole rings is 1. The Morgan fingerprint density at radius 3 is 2.65 bits per heavy atom. The lowest BCUT2D eigenvalue weighted by atomic mass is 10.2. The van der Waals surface area contributed by atoms with Gasteiger partial charge < -0.3 is 0 Å². The Morgan fingerprint density at radius 1 is 1.20 bits per heavy atom. The van der Waals surface area contributed by atoms with Crippen LogP contribution in [0.3, 0.4) is 0 Å². The zero-order valence-corrected chi connectivity index (χ0v) is 13.2. The predicted octanol–water partition coefficient (Wildman–Crippen LogP) is 4.96. The average molecular weight is 368 g/mol. The van der Waals surface area contributed by atoms with Gasteiger partial charge in [-0.05, 0) is 36.4 Å². The number of halogens is 2. The van der Waals surface area contributed by atoms with Crippen LogP contribution in [0.25, 0.3) is 10.2 Å². The first-order valence-electron chi connectivity index (χ1n) is 5.75. The minimum Gasteiger partial charge on any atom is -0.298 e. The molecule has 100 valence electrons. The molecule has 1 amide bonds. The number of hydrogen-bond donors (Lipinski definition) is 1. The fourth-order valence-electron chi connectivity index (χ4n) is 1.74. The summed E-state index contributed by atoms with van der Waals surface area (Å²) < 4.78 is 1.88. The number of fused-ring (bicyclic) bond motifs is 1. The quantitative estimate of drug-likeness (QED) is 0.695. The maximum atomic E-state index is 12.1. The molecule has 0 fully saturated rings. The van der Waals surface area contributed by atoms with Crippen LogP contribution < -0.4 is 5.32 Å². The zero-order valence-electron chi connectivity index (χ0n) is 10.1. The third kappa shape index (κ3) is 2.70. The van der Waals surface area contributed by atoms with Gasteiger partial charge in [-0.2, -0.15) is 0 Å². The molecular weight excluding hydrogens is 360 g/mol. The molecule has 0 unspecified atom stereocenters. The SMILES string of the molecule is O=C(Nc1nc2c(Cl)cccc2s1)c1ccc(Br)cc1. The summed E-state index contributed by atoms with van der Waals surface area (Å²) in [6, 6.07) is 12.7. The minimum atomic E-state index is -0.187. The van der Waals surface area contributed by atoms with Crippen molar-refractivity contribution in [3.05, 3.63) is 57.5 Å². The van der Waals surface area contributed by atoms with E-state index in [-0.39, 0.29) is 5.91 Å².